The summed E-state index contributed by atoms with van der Waals surface area (Å²) in [5.74, 6) is -1.00. The zero-order valence-electron chi connectivity index (χ0n) is 15.2. The Balaban J connectivity index is 1.79. The quantitative estimate of drug-likeness (QED) is 0.712. The largest absolute Gasteiger partial charge is 0.368 e. The summed E-state index contributed by atoms with van der Waals surface area (Å²) in [6.07, 6.45) is 4.79. The monoisotopic (exact) mass is 350 g/mol. The molecule has 1 aliphatic carbocycles. The van der Waals surface area contributed by atoms with E-state index >= 15 is 0 Å². The molecule has 4 nitrogen and oxygen atoms in total. The van der Waals surface area contributed by atoms with Gasteiger partial charge in [-0.15, -0.1) is 0 Å². The van der Waals surface area contributed by atoms with Crippen molar-refractivity contribution in [2.45, 2.75) is 51.0 Å². The van der Waals surface area contributed by atoms with Crippen LogP contribution >= 0.6 is 0 Å². The Hall–Kier alpha value is -2.62. The Morgan fingerprint density at radius 1 is 0.962 bits per heavy atom. The first-order chi connectivity index (χ1) is 12.6. The van der Waals surface area contributed by atoms with Gasteiger partial charge in [-0.2, -0.15) is 0 Å². The first kappa shape index (κ1) is 18.2. The van der Waals surface area contributed by atoms with Crippen LogP contribution in [0.1, 0.15) is 56.1 Å². The first-order valence-electron chi connectivity index (χ1n) is 9.41. The highest BCUT2D eigenvalue weighted by molar-refractivity contribution is 5.98. The van der Waals surface area contributed by atoms with E-state index < -0.39 is 11.9 Å². The minimum Gasteiger partial charge on any atom is -0.368 e. The van der Waals surface area contributed by atoms with Crippen molar-refractivity contribution in [3.63, 3.8) is 0 Å². The van der Waals surface area contributed by atoms with Crippen LogP contribution in [-0.4, -0.2) is 17.9 Å². The summed E-state index contributed by atoms with van der Waals surface area (Å²) < 4.78 is 0. The molecule has 0 radical (unpaired) electrons. The van der Waals surface area contributed by atoms with E-state index in [1.54, 1.807) is 0 Å². The number of rotatable bonds is 8. The smallest absolute Gasteiger partial charge is 0.240 e. The fourth-order valence-electron chi connectivity index (χ4n) is 3.75. The van der Waals surface area contributed by atoms with Gasteiger partial charge in [0.15, 0.2) is 0 Å². The van der Waals surface area contributed by atoms with Crippen molar-refractivity contribution >= 4 is 11.8 Å². The number of carbonyl (C=O) groups excluding carboxylic acids is 2. The molecule has 0 spiro atoms. The molecule has 2 aromatic carbocycles. The van der Waals surface area contributed by atoms with Crippen LogP contribution in [0, 0.1) is 0 Å². The molecule has 0 saturated heterocycles. The molecule has 0 saturated carbocycles. The highest BCUT2D eigenvalue weighted by Crippen LogP contribution is 2.44. The Bertz CT molecular complexity index is 755. The molecule has 1 aliphatic rings. The van der Waals surface area contributed by atoms with Gasteiger partial charge >= 0.3 is 0 Å². The Kier molecular flexibility index (Phi) is 5.71. The number of carbonyl (C=O) groups is 2. The van der Waals surface area contributed by atoms with E-state index in [-0.39, 0.29) is 11.8 Å². The lowest BCUT2D eigenvalue weighted by Gasteiger charge is -2.19. The SMILES string of the molecule is CCCCCC[C@H](NC(=O)C1c2ccccc2-c2ccccc21)C(N)=O. The summed E-state index contributed by atoms with van der Waals surface area (Å²) >= 11 is 0. The van der Waals surface area contributed by atoms with Gasteiger partial charge in [-0.3, -0.25) is 9.59 Å². The summed E-state index contributed by atoms with van der Waals surface area (Å²) in [7, 11) is 0. The fourth-order valence-corrected chi connectivity index (χ4v) is 3.75. The predicted octanol–water partition coefficient (Wildman–Crippen LogP) is 3.74. The molecule has 2 aromatic rings. The third-order valence-electron chi connectivity index (χ3n) is 5.10. The maximum absolute atomic E-state index is 13.1. The van der Waals surface area contributed by atoms with Crippen LogP contribution in [0.15, 0.2) is 48.5 Å². The molecule has 3 N–H and O–H groups in total. The van der Waals surface area contributed by atoms with E-state index in [9.17, 15) is 9.59 Å². The number of hydrogen-bond donors (Lipinski definition) is 2. The molecule has 0 fully saturated rings. The minimum absolute atomic E-state index is 0.151. The summed E-state index contributed by atoms with van der Waals surface area (Å²) in [6.45, 7) is 2.14. The van der Waals surface area contributed by atoms with E-state index in [1.807, 2.05) is 48.5 Å². The number of hydrogen-bond acceptors (Lipinski definition) is 2. The van der Waals surface area contributed by atoms with Crippen LogP contribution in [0.4, 0.5) is 0 Å². The van der Waals surface area contributed by atoms with E-state index in [1.165, 1.54) is 0 Å². The molecule has 3 rings (SSSR count). The first-order valence-corrected chi connectivity index (χ1v) is 9.41. The summed E-state index contributed by atoms with van der Waals surface area (Å²) in [5, 5.41) is 2.90. The summed E-state index contributed by atoms with van der Waals surface area (Å²) in [6, 6.07) is 15.3. The lowest BCUT2D eigenvalue weighted by molar-refractivity contribution is -0.127. The van der Waals surface area contributed by atoms with Gasteiger partial charge in [0.1, 0.15) is 6.04 Å². The minimum atomic E-state index is -0.612. The average Bonchev–Trinajstić information content (AvgIpc) is 2.98. The molecule has 26 heavy (non-hydrogen) atoms. The second kappa shape index (κ2) is 8.17. The van der Waals surface area contributed by atoms with Crippen molar-refractivity contribution in [2.75, 3.05) is 0 Å². The maximum atomic E-state index is 13.1. The molecule has 0 aromatic heterocycles. The number of primary amides is 1. The summed E-state index contributed by atoms with van der Waals surface area (Å²) in [4.78, 5) is 24.9. The predicted molar refractivity (Wildman–Crippen MR) is 104 cm³/mol. The Morgan fingerprint density at radius 2 is 1.54 bits per heavy atom. The van der Waals surface area contributed by atoms with Crippen LogP contribution in [-0.2, 0) is 9.59 Å². The molecule has 0 aliphatic heterocycles. The topological polar surface area (TPSA) is 72.2 Å². The maximum Gasteiger partial charge on any atom is 0.240 e. The summed E-state index contributed by atoms with van der Waals surface area (Å²) in [5.41, 5.74) is 9.68. The van der Waals surface area contributed by atoms with Crippen LogP contribution in [0.25, 0.3) is 11.1 Å². The molecule has 4 heteroatoms. The number of nitrogens with one attached hydrogen (secondary N) is 1. The van der Waals surface area contributed by atoms with Gasteiger partial charge in [0.2, 0.25) is 11.8 Å². The molecule has 2 amide bonds. The molecule has 0 bridgehead atoms. The Labute approximate surface area is 154 Å². The lowest BCUT2D eigenvalue weighted by Crippen LogP contribution is -2.46. The van der Waals surface area contributed by atoms with Gasteiger partial charge in [0.05, 0.1) is 5.92 Å². The fraction of sp³-hybridized carbons (Fsp3) is 0.364. The second-order valence-corrected chi connectivity index (χ2v) is 6.92. The Morgan fingerprint density at radius 3 is 2.08 bits per heavy atom. The molecule has 136 valence electrons. The van der Waals surface area contributed by atoms with E-state index in [2.05, 4.69) is 12.2 Å². The normalized spacial score (nSPS) is 13.7. The molecule has 1 atom stereocenters. The van der Waals surface area contributed by atoms with E-state index in [0.717, 1.165) is 47.9 Å². The van der Waals surface area contributed by atoms with Crippen molar-refractivity contribution in [2.24, 2.45) is 5.73 Å². The van der Waals surface area contributed by atoms with Crippen LogP contribution in [0.5, 0.6) is 0 Å². The number of fused-ring (bicyclic) bond motifs is 3. The van der Waals surface area contributed by atoms with Crippen molar-refractivity contribution < 1.29 is 9.59 Å². The van der Waals surface area contributed by atoms with Crippen molar-refractivity contribution in [3.8, 4) is 11.1 Å². The van der Waals surface area contributed by atoms with Crippen LogP contribution in [0.3, 0.4) is 0 Å². The highest BCUT2D eigenvalue weighted by atomic mass is 16.2. The standard InChI is InChI=1S/C22H26N2O2/c1-2-3-4-5-14-19(21(23)25)24-22(26)20-17-12-8-6-10-15(17)16-11-7-9-13-18(16)20/h6-13,19-20H,2-5,14H2,1H3,(H2,23,25)(H,24,26)/t19-/m0/s1. The van der Waals surface area contributed by atoms with Crippen LogP contribution < -0.4 is 11.1 Å². The van der Waals surface area contributed by atoms with E-state index in [0.29, 0.717) is 6.42 Å². The molecular formula is C22H26N2O2. The molecule has 0 unspecified atom stereocenters. The zero-order valence-corrected chi connectivity index (χ0v) is 15.2. The van der Waals surface area contributed by atoms with Gasteiger partial charge in [0, 0.05) is 0 Å². The van der Waals surface area contributed by atoms with Crippen molar-refractivity contribution in [1.82, 2.24) is 5.32 Å². The highest BCUT2D eigenvalue weighted by Gasteiger charge is 2.34. The third kappa shape index (κ3) is 3.64. The number of unbranched alkanes of at least 4 members (excludes halogenated alkanes) is 3. The van der Waals surface area contributed by atoms with Crippen molar-refractivity contribution in [1.29, 1.82) is 0 Å². The van der Waals surface area contributed by atoms with Crippen LogP contribution in [0.2, 0.25) is 0 Å². The lowest BCUT2D eigenvalue weighted by atomic mass is 9.95. The number of nitrogens with two attached hydrogens (primary N) is 1. The second-order valence-electron chi connectivity index (χ2n) is 6.92. The number of benzene rings is 2. The van der Waals surface area contributed by atoms with Gasteiger partial charge in [-0.25, -0.2) is 0 Å². The zero-order chi connectivity index (χ0) is 18.5. The number of amides is 2. The average molecular weight is 350 g/mol. The van der Waals surface area contributed by atoms with E-state index in [4.69, 9.17) is 5.73 Å². The van der Waals surface area contributed by atoms with Crippen molar-refractivity contribution in [3.05, 3.63) is 59.7 Å². The van der Waals surface area contributed by atoms with Gasteiger partial charge in [-0.1, -0.05) is 81.1 Å². The molecule has 0 heterocycles. The van der Waals surface area contributed by atoms with Gasteiger partial charge < -0.3 is 11.1 Å². The van der Waals surface area contributed by atoms with Gasteiger partial charge in [-0.05, 0) is 28.7 Å². The molecular weight excluding hydrogens is 324 g/mol. The van der Waals surface area contributed by atoms with Gasteiger partial charge in [0.25, 0.3) is 0 Å². The third-order valence-corrected chi connectivity index (χ3v) is 5.10.